The standard InChI is InChI=1S/C10H14O2.C2H6/c1-3-8-7-9(11)5-6-10(8)12-4-2;1-2/h5-7,11H,3-4H2,1-2H3;1-2H3. The zero-order chi connectivity index (χ0) is 11.0. The highest BCUT2D eigenvalue weighted by molar-refractivity contribution is 5.39. The maximum atomic E-state index is 9.18. The molecule has 0 radical (unpaired) electrons. The lowest BCUT2D eigenvalue weighted by Gasteiger charge is -2.08. The number of aryl methyl sites for hydroxylation is 1. The van der Waals surface area contributed by atoms with E-state index < -0.39 is 0 Å². The summed E-state index contributed by atoms with van der Waals surface area (Å²) in [4.78, 5) is 0. The Hall–Kier alpha value is -1.18. The summed E-state index contributed by atoms with van der Waals surface area (Å²) in [6.45, 7) is 8.65. The Morgan fingerprint density at radius 2 is 1.86 bits per heavy atom. The van der Waals surface area contributed by atoms with E-state index in [1.54, 1.807) is 18.2 Å². The minimum absolute atomic E-state index is 0.301. The molecular formula is C12H20O2. The van der Waals surface area contributed by atoms with E-state index in [0.717, 1.165) is 17.7 Å². The van der Waals surface area contributed by atoms with E-state index in [2.05, 4.69) is 0 Å². The fourth-order valence-electron chi connectivity index (χ4n) is 1.14. The van der Waals surface area contributed by atoms with Crippen LogP contribution in [0.2, 0.25) is 0 Å². The Balaban J connectivity index is 0.000000791. The van der Waals surface area contributed by atoms with Gasteiger partial charge in [-0.15, -0.1) is 0 Å². The molecule has 1 N–H and O–H groups in total. The number of rotatable bonds is 3. The van der Waals surface area contributed by atoms with Crippen LogP contribution in [0.15, 0.2) is 18.2 Å². The van der Waals surface area contributed by atoms with Gasteiger partial charge in [-0.1, -0.05) is 20.8 Å². The predicted molar refractivity (Wildman–Crippen MR) is 60.0 cm³/mol. The SMILES string of the molecule is CC.CCOc1ccc(O)cc1CC. The minimum Gasteiger partial charge on any atom is -0.508 e. The first kappa shape index (κ1) is 12.8. The second kappa shape index (κ2) is 7.25. The molecule has 14 heavy (non-hydrogen) atoms. The largest absolute Gasteiger partial charge is 0.508 e. The lowest BCUT2D eigenvalue weighted by atomic mass is 10.1. The molecule has 0 aliphatic rings. The van der Waals surface area contributed by atoms with Crippen LogP contribution in [0.4, 0.5) is 0 Å². The summed E-state index contributed by atoms with van der Waals surface area (Å²) in [7, 11) is 0. The van der Waals surface area contributed by atoms with Crippen LogP contribution in [0.5, 0.6) is 11.5 Å². The van der Waals surface area contributed by atoms with Crippen molar-refractivity contribution in [1.82, 2.24) is 0 Å². The Kier molecular flexibility index (Phi) is 6.63. The highest BCUT2D eigenvalue weighted by atomic mass is 16.5. The van der Waals surface area contributed by atoms with Gasteiger partial charge in [-0.05, 0) is 37.1 Å². The number of aromatic hydroxyl groups is 1. The third-order valence-electron chi connectivity index (χ3n) is 1.72. The Morgan fingerprint density at radius 3 is 2.36 bits per heavy atom. The van der Waals surface area contributed by atoms with Gasteiger partial charge in [0.25, 0.3) is 0 Å². The van der Waals surface area contributed by atoms with Crippen LogP contribution < -0.4 is 4.74 Å². The summed E-state index contributed by atoms with van der Waals surface area (Å²) in [5.74, 6) is 1.17. The molecule has 80 valence electrons. The van der Waals surface area contributed by atoms with Gasteiger partial charge in [-0.2, -0.15) is 0 Å². The van der Waals surface area contributed by atoms with Crippen molar-refractivity contribution in [2.24, 2.45) is 0 Å². The molecule has 0 amide bonds. The Bertz CT molecular complexity index is 256. The van der Waals surface area contributed by atoms with Gasteiger partial charge in [0.2, 0.25) is 0 Å². The summed E-state index contributed by atoms with van der Waals surface area (Å²) in [6, 6.07) is 5.19. The molecule has 0 spiro atoms. The van der Waals surface area contributed by atoms with Crippen molar-refractivity contribution < 1.29 is 9.84 Å². The maximum Gasteiger partial charge on any atom is 0.122 e. The minimum atomic E-state index is 0.301. The van der Waals surface area contributed by atoms with Gasteiger partial charge < -0.3 is 9.84 Å². The van der Waals surface area contributed by atoms with Crippen LogP contribution in [-0.2, 0) is 6.42 Å². The second-order valence-electron chi connectivity index (χ2n) is 2.58. The topological polar surface area (TPSA) is 29.5 Å². The summed E-state index contributed by atoms with van der Waals surface area (Å²) >= 11 is 0. The van der Waals surface area contributed by atoms with E-state index in [1.807, 2.05) is 27.7 Å². The number of benzene rings is 1. The molecule has 0 fully saturated rings. The quantitative estimate of drug-likeness (QED) is 0.803. The van der Waals surface area contributed by atoms with Crippen molar-refractivity contribution in [1.29, 1.82) is 0 Å². The summed E-state index contributed by atoms with van der Waals surface area (Å²) in [5, 5.41) is 9.18. The molecular weight excluding hydrogens is 176 g/mol. The van der Waals surface area contributed by atoms with Crippen molar-refractivity contribution in [3.8, 4) is 11.5 Å². The first-order chi connectivity index (χ1) is 6.77. The van der Waals surface area contributed by atoms with Crippen molar-refractivity contribution in [3.05, 3.63) is 23.8 Å². The normalized spacial score (nSPS) is 8.86. The molecule has 0 heterocycles. The smallest absolute Gasteiger partial charge is 0.122 e. The molecule has 2 heteroatoms. The molecule has 0 bridgehead atoms. The maximum absolute atomic E-state index is 9.18. The molecule has 0 aromatic heterocycles. The van der Waals surface area contributed by atoms with Gasteiger partial charge in [0.1, 0.15) is 11.5 Å². The molecule has 0 aliphatic heterocycles. The van der Waals surface area contributed by atoms with Gasteiger partial charge in [0.15, 0.2) is 0 Å². The van der Waals surface area contributed by atoms with Gasteiger partial charge in [0, 0.05) is 0 Å². The lowest BCUT2D eigenvalue weighted by molar-refractivity contribution is 0.336. The first-order valence-corrected chi connectivity index (χ1v) is 5.22. The number of phenolic OH excluding ortho intramolecular Hbond substituents is 1. The van der Waals surface area contributed by atoms with Gasteiger partial charge in [-0.3, -0.25) is 0 Å². The lowest BCUT2D eigenvalue weighted by Crippen LogP contribution is -1.95. The van der Waals surface area contributed by atoms with Gasteiger partial charge in [0.05, 0.1) is 6.61 Å². The first-order valence-electron chi connectivity index (χ1n) is 5.22. The van der Waals surface area contributed by atoms with E-state index in [0.29, 0.717) is 12.4 Å². The summed E-state index contributed by atoms with van der Waals surface area (Å²) in [6.07, 6.45) is 0.879. The third-order valence-corrected chi connectivity index (χ3v) is 1.72. The fraction of sp³-hybridized carbons (Fsp3) is 0.500. The number of phenols is 1. The molecule has 1 aromatic rings. The van der Waals surface area contributed by atoms with Crippen LogP contribution in [0, 0.1) is 0 Å². The van der Waals surface area contributed by atoms with E-state index in [4.69, 9.17) is 4.74 Å². The molecule has 0 saturated carbocycles. The van der Waals surface area contributed by atoms with Crippen LogP contribution in [0.3, 0.4) is 0 Å². The second-order valence-corrected chi connectivity index (χ2v) is 2.58. The predicted octanol–water partition coefficient (Wildman–Crippen LogP) is 3.38. The van der Waals surface area contributed by atoms with E-state index in [-0.39, 0.29) is 0 Å². The summed E-state index contributed by atoms with van der Waals surface area (Å²) < 4.78 is 5.37. The Morgan fingerprint density at radius 1 is 1.21 bits per heavy atom. The van der Waals surface area contributed by atoms with Crippen molar-refractivity contribution in [2.45, 2.75) is 34.1 Å². The zero-order valence-corrected chi connectivity index (χ0v) is 9.50. The van der Waals surface area contributed by atoms with E-state index in [1.165, 1.54) is 0 Å². The molecule has 1 rings (SSSR count). The van der Waals surface area contributed by atoms with Crippen molar-refractivity contribution >= 4 is 0 Å². The van der Waals surface area contributed by atoms with Crippen molar-refractivity contribution in [3.63, 3.8) is 0 Å². The monoisotopic (exact) mass is 196 g/mol. The molecule has 0 atom stereocenters. The molecule has 2 nitrogen and oxygen atoms in total. The third kappa shape index (κ3) is 3.69. The van der Waals surface area contributed by atoms with Crippen LogP contribution in [0.25, 0.3) is 0 Å². The van der Waals surface area contributed by atoms with Crippen LogP contribution in [-0.4, -0.2) is 11.7 Å². The summed E-state index contributed by atoms with van der Waals surface area (Å²) in [5.41, 5.74) is 1.05. The number of ether oxygens (including phenoxy) is 1. The zero-order valence-electron chi connectivity index (χ0n) is 9.50. The highest BCUT2D eigenvalue weighted by Gasteiger charge is 2.01. The van der Waals surface area contributed by atoms with Crippen molar-refractivity contribution in [2.75, 3.05) is 6.61 Å². The van der Waals surface area contributed by atoms with Crippen LogP contribution >= 0.6 is 0 Å². The molecule has 0 aliphatic carbocycles. The number of hydrogen-bond donors (Lipinski definition) is 1. The van der Waals surface area contributed by atoms with E-state index >= 15 is 0 Å². The average molecular weight is 196 g/mol. The van der Waals surface area contributed by atoms with Gasteiger partial charge >= 0.3 is 0 Å². The fourth-order valence-corrected chi connectivity index (χ4v) is 1.14. The number of hydrogen-bond acceptors (Lipinski definition) is 2. The van der Waals surface area contributed by atoms with Gasteiger partial charge in [-0.25, -0.2) is 0 Å². The van der Waals surface area contributed by atoms with Crippen LogP contribution in [0.1, 0.15) is 33.3 Å². The van der Waals surface area contributed by atoms with E-state index in [9.17, 15) is 5.11 Å². The molecule has 1 aromatic carbocycles. The Labute approximate surface area is 86.5 Å². The molecule has 0 saturated heterocycles. The molecule has 0 unspecified atom stereocenters. The average Bonchev–Trinajstić information content (AvgIpc) is 2.24. The highest BCUT2D eigenvalue weighted by Crippen LogP contribution is 2.23.